The number of nitrogens with one attached hydrogen (secondary N) is 1. The lowest BCUT2D eigenvalue weighted by Gasteiger charge is -2.12. The Hall–Kier alpha value is -4.19. The number of alkyl halides is 3. The fraction of sp³-hybridized carbons (Fsp3) is 0.174. The number of anilines is 1. The molecule has 2 aromatic carbocycles. The van der Waals surface area contributed by atoms with Crippen LogP contribution in [0.5, 0.6) is 23.0 Å². The van der Waals surface area contributed by atoms with Crippen molar-refractivity contribution in [2.75, 3.05) is 26.3 Å². The van der Waals surface area contributed by atoms with Gasteiger partial charge in [-0.05, 0) is 36.4 Å². The number of amides is 1. The number of carbonyl (C=O) groups is 1. The van der Waals surface area contributed by atoms with E-state index in [1.54, 1.807) is 12.1 Å². The first-order chi connectivity index (χ1) is 17.2. The topological polar surface area (TPSA) is 96.2 Å². The van der Waals surface area contributed by atoms with E-state index in [4.69, 9.17) is 30.5 Å². The first-order valence-electron chi connectivity index (χ1n) is 10.3. The molecule has 186 valence electrons. The molecule has 2 aromatic heterocycles. The van der Waals surface area contributed by atoms with Gasteiger partial charge in [-0.1, -0.05) is 11.6 Å². The van der Waals surface area contributed by atoms with Crippen molar-refractivity contribution in [2.24, 2.45) is 0 Å². The van der Waals surface area contributed by atoms with Gasteiger partial charge in [0.15, 0.2) is 40.0 Å². The minimum atomic E-state index is -4.83. The van der Waals surface area contributed by atoms with Crippen LogP contribution in [0.2, 0.25) is 5.02 Å². The molecule has 0 unspecified atom stereocenters. The third-order valence-electron chi connectivity index (χ3n) is 5.35. The standard InChI is InChI=1S/C23H16ClF3N4O5/c1-33-14-5-3-11(7-16(14)34-2)13-9-18(23(25,26)27)31-21(29-13)19(24)20(30-31)22(32)28-12-4-6-15-17(8-12)36-10-35-15/h3-9H,10H2,1-2H3,(H,28,32). The molecule has 0 bridgehead atoms. The van der Waals surface area contributed by atoms with Crippen molar-refractivity contribution in [2.45, 2.75) is 6.18 Å². The summed E-state index contributed by atoms with van der Waals surface area (Å²) in [7, 11) is 2.84. The number of hydrogen-bond acceptors (Lipinski definition) is 7. The second kappa shape index (κ2) is 8.79. The van der Waals surface area contributed by atoms with Gasteiger partial charge >= 0.3 is 6.18 Å². The summed E-state index contributed by atoms with van der Waals surface area (Å²) in [5.74, 6) is 0.775. The molecule has 36 heavy (non-hydrogen) atoms. The molecule has 4 aromatic rings. The maximum atomic E-state index is 14.0. The molecule has 1 aliphatic rings. The van der Waals surface area contributed by atoms with E-state index in [1.165, 1.54) is 38.5 Å². The Bertz CT molecular complexity index is 1510. The third kappa shape index (κ3) is 4.09. The van der Waals surface area contributed by atoms with Gasteiger partial charge in [-0.3, -0.25) is 4.79 Å². The van der Waals surface area contributed by atoms with Crippen molar-refractivity contribution < 1.29 is 36.9 Å². The summed E-state index contributed by atoms with van der Waals surface area (Å²) in [4.78, 5) is 17.2. The van der Waals surface area contributed by atoms with Crippen LogP contribution < -0.4 is 24.3 Å². The van der Waals surface area contributed by atoms with E-state index in [1.807, 2.05) is 0 Å². The molecule has 1 N–H and O–H groups in total. The normalized spacial score (nSPS) is 12.6. The number of ether oxygens (including phenoxy) is 4. The molecular formula is C23H16ClF3N4O5. The highest BCUT2D eigenvalue weighted by molar-refractivity contribution is 6.37. The van der Waals surface area contributed by atoms with Crippen LogP contribution in [0.4, 0.5) is 18.9 Å². The zero-order valence-electron chi connectivity index (χ0n) is 18.6. The number of aromatic nitrogens is 3. The first kappa shape index (κ1) is 23.5. The fourth-order valence-corrected chi connectivity index (χ4v) is 3.89. The first-order valence-corrected chi connectivity index (χ1v) is 10.7. The van der Waals surface area contributed by atoms with Crippen LogP contribution in [0.15, 0.2) is 42.5 Å². The highest BCUT2D eigenvalue weighted by Gasteiger charge is 2.37. The van der Waals surface area contributed by atoms with Crippen molar-refractivity contribution in [3.8, 4) is 34.3 Å². The molecule has 0 fully saturated rings. The Morgan fingerprint density at radius 2 is 1.81 bits per heavy atom. The Morgan fingerprint density at radius 3 is 2.53 bits per heavy atom. The summed E-state index contributed by atoms with van der Waals surface area (Å²) in [6, 6.07) is 10.0. The Kier molecular flexibility index (Phi) is 5.75. The number of carbonyl (C=O) groups excluding carboxylic acids is 1. The van der Waals surface area contributed by atoms with Gasteiger partial charge in [-0.15, -0.1) is 0 Å². The molecule has 1 aliphatic heterocycles. The van der Waals surface area contributed by atoms with Gasteiger partial charge in [-0.25, -0.2) is 9.50 Å². The maximum absolute atomic E-state index is 14.0. The van der Waals surface area contributed by atoms with Crippen LogP contribution in [0.1, 0.15) is 16.2 Å². The summed E-state index contributed by atoms with van der Waals surface area (Å²) in [5, 5.41) is 6.03. The summed E-state index contributed by atoms with van der Waals surface area (Å²) in [6.45, 7) is 0.0410. The number of hydrogen-bond donors (Lipinski definition) is 1. The molecule has 3 heterocycles. The van der Waals surface area contributed by atoms with Gasteiger partial charge < -0.3 is 24.3 Å². The molecule has 1 amide bonds. The predicted octanol–water partition coefficient (Wildman–Crippen LogP) is 5.07. The van der Waals surface area contributed by atoms with Crippen molar-refractivity contribution in [1.29, 1.82) is 0 Å². The monoisotopic (exact) mass is 520 g/mol. The molecule has 0 saturated heterocycles. The van der Waals surface area contributed by atoms with Crippen LogP contribution >= 0.6 is 11.6 Å². The molecule has 9 nitrogen and oxygen atoms in total. The number of methoxy groups -OCH3 is 2. The smallest absolute Gasteiger partial charge is 0.433 e. The van der Waals surface area contributed by atoms with Gasteiger partial charge in [0.1, 0.15) is 5.02 Å². The van der Waals surface area contributed by atoms with Crippen LogP contribution in [0.25, 0.3) is 16.9 Å². The third-order valence-corrected chi connectivity index (χ3v) is 5.70. The quantitative estimate of drug-likeness (QED) is 0.392. The lowest BCUT2D eigenvalue weighted by molar-refractivity contribution is -0.142. The molecule has 5 rings (SSSR count). The summed E-state index contributed by atoms with van der Waals surface area (Å²) in [6.07, 6.45) is -4.83. The zero-order valence-corrected chi connectivity index (χ0v) is 19.4. The SMILES string of the molecule is COc1ccc(-c2cc(C(F)(F)F)n3nc(C(=O)Nc4ccc5c(c4)OCO5)c(Cl)c3n2)cc1OC. The van der Waals surface area contributed by atoms with Gasteiger partial charge in [0, 0.05) is 17.3 Å². The molecule has 0 atom stereocenters. The minimum absolute atomic E-state index is 0.0410. The second-order valence-electron chi connectivity index (χ2n) is 7.51. The summed E-state index contributed by atoms with van der Waals surface area (Å²) >= 11 is 6.34. The van der Waals surface area contributed by atoms with E-state index < -0.39 is 23.5 Å². The molecule has 0 radical (unpaired) electrons. The highest BCUT2D eigenvalue weighted by atomic mass is 35.5. The van der Waals surface area contributed by atoms with E-state index in [-0.39, 0.29) is 23.2 Å². The van der Waals surface area contributed by atoms with Gasteiger partial charge in [0.25, 0.3) is 5.91 Å². The molecule has 0 saturated carbocycles. The summed E-state index contributed by atoms with van der Waals surface area (Å²) < 4.78 is 63.4. The highest BCUT2D eigenvalue weighted by Crippen LogP contribution is 2.38. The van der Waals surface area contributed by atoms with Crippen LogP contribution in [0, 0.1) is 0 Å². The lowest BCUT2D eigenvalue weighted by atomic mass is 10.1. The predicted molar refractivity (Wildman–Crippen MR) is 122 cm³/mol. The fourth-order valence-electron chi connectivity index (χ4n) is 3.65. The molecule has 0 aliphatic carbocycles. The zero-order chi connectivity index (χ0) is 25.6. The molecule has 0 spiro atoms. The van der Waals surface area contributed by atoms with E-state index in [0.717, 1.165) is 6.07 Å². The summed E-state index contributed by atoms with van der Waals surface area (Å²) in [5.41, 5.74) is -1.37. The van der Waals surface area contributed by atoms with E-state index in [2.05, 4.69) is 15.4 Å². The van der Waals surface area contributed by atoms with Gasteiger partial charge in [-0.2, -0.15) is 18.3 Å². The Balaban J connectivity index is 1.59. The van der Waals surface area contributed by atoms with E-state index in [9.17, 15) is 18.0 Å². The number of fused-ring (bicyclic) bond motifs is 2. The average molecular weight is 521 g/mol. The van der Waals surface area contributed by atoms with Crippen molar-refractivity contribution in [3.63, 3.8) is 0 Å². The van der Waals surface area contributed by atoms with Crippen molar-refractivity contribution in [1.82, 2.24) is 14.6 Å². The van der Waals surface area contributed by atoms with Crippen molar-refractivity contribution >= 4 is 28.8 Å². The van der Waals surface area contributed by atoms with Crippen LogP contribution in [0.3, 0.4) is 0 Å². The second-order valence-corrected chi connectivity index (χ2v) is 7.89. The van der Waals surface area contributed by atoms with Gasteiger partial charge in [0.2, 0.25) is 6.79 Å². The van der Waals surface area contributed by atoms with Crippen LogP contribution in [-0.4, -0.2) is 41.5 Å². The number of nitrogens with zero attached hydrogens (tertiary/aromatic N) is 3. The average Bonchev–Trinajstić information content (AvgIpc) is 3.46. The molecule has 13 heteroatoms. The maximum Gasteiger partial charge on any atom is 0.433 e. The van der Waals surface area contributed by atoms with E-state index >= 15 is 0 Å². The van der Waals surface area contributed by atoms with E-state index in [0.29, 0.717) is 38.8 Å². The Labute approximate surface area is 206 Å². The largest absolute Gasteiger partial charge is 0.493 e. The lowest BCUT2D eigenvalue weighted by Crippen LogP contribution is -2.15. The molecular weight excluding hydrogens is 505 g/mol. The minimum Gasteiger partial charge on any atom is -0.493 e. The Morgan fingerprint density at radius 1 is 1.06 bits per heavy atom. The van der Waals surface area contributed by atoms with Crippen molar-refractivity contribution in [3.05, 3.63) is 58.9 Å². The number of halogens is 4. The number of benzene rings is 2. The number of rotatable bonds is 5. The van der Waals surface area contributed by atoms with Gasteiger partial charge in [0.05, 0.1) is 19.9 Å². The van der Waals surface area contributed by atoms with Crippen LogP contribution in [-0.2, 0) is 6.18 Å².